The highest BCUT2D eigenvalue weighted by Gasteiger charge is 2.06. The molecule has 0 fully saturated rings. The van der Waals surface area contributed by atoms with Crippen molar-refractivity contribution in [3.8, 4) is 10.7 Å². The van der Waals surface area contributed by atoms with Crippen LogP contribution >= 0.6 is 11.3 Å². The van der Waals surface area contributed by atoms with Crippen LogP contribution in [-0.2, 0) is 4.74 Å². The van der Waals surface area contributed by atoms with Gasteiger partial charge in [-0.3, -0.25) is 4.98 Å². The number of nitrogens with zero attached hydrogens (tertiary/aromatic N) is 3. The summed E-state index contributed by atoms with van der Waals surface area (Å²) in [5.74, 6) is 0. The fourth-order valence-corrected chi connectivity index (χ4v) is 1.89. The average molecular weight is 236 g/mol. The lowest BCUT2D eigenvalue weighted by atomic mass is 10.4. The summed E-state index contributed by atoms with van der Waals surface area (Å²) in [6.07, 6.45) is 1.74. The van der Waals surface area contributed by atoms with Crippen LogP contribution in [0, 0.1) is 0 Å². The Bertz CT molecular complexity index is 431. The Morgan fingerprint density at radius 3 is 3.06 bits per heavy atom. The summed E-state index contributed by atoms with van der Waals surface area (Å²) in [5, 5.41) is 12.8. The fourth-order valence-electron chi connectivity index (χ4n) is 1.15. The number of hydrogen-bond donors (Lipinski definition) is 1. The second-order valence-electron chi connectivity index (χ2n) is 3.05. The van der Waals surface area contributed by atoms with Crippen LogP contribution in [0.2, 0.25) is 0 Å². The highest BCUT2D eigenvalue weighted by Crippen LogP contribution is 2.23. The van der Waals surface area contributed by atoms with Crippen LogP contribution in [-0.4, -0.2) is 35.4 Å². The summed E-state index contributed by atoms with van der Waals surface area (Å²) in [6.45, 7) is 1.38. The van der Waals surface area contributed by atoms with Gasteiger partial charge in [0.25, 0.3) is 0 Å². The van der Waals surface area contributed by atoms with Gasteiger partial charge >= 0.3 is 0 Å². The summed E-state index contributed by atoms with van der Waals surface area (Å²) in [4.78, 5) is 4.21. The molecule has 0 bridgehead atoms. The Morgan fingerprint density at radius 2 is 2.31 bits per heavy atom. The molecule has 0 aliphatic carbocycles. The lowest BCUT2D eigenvalue weighted by Crippen LogP contribution is -2.06. The third kappa shape index (κ3) is 2.74. The van der Waals surface area contributed by atoms with E-state index in [0.717, 1.165) is 22.4 Å². The summed E-state index contributed by atoms with van der Waals surface area (Å²) in [7, 11) is 1.67. The Morgan fingerprint density at radius 1 is 1.38 bits per heavy atom. The van der Waals surface area contributed by atoms with Gasteiger partial charge in [0.15, 0.2) is 5.01 Å². The third-order valence-electron chi connectivity index (χ3n) is 1.89. The maximum atomic E-state index is 4.94. The largest absolute Gasteiger partial charge is 0.383 e. The second kappa shape index (κ2) is 5.53. The fraction of sp³-hybridized carbons (Fsp3) is 0.300. The summed E-state index contributed by atoms with van der Waals surface area (Å²) >= 11 is 1.49. The number of anilines is 1. The molecule has 2 heterocycles. The number of nitrogens with one attached hydrogen (secondary N) is 1. The van der Waals surface area contributed by atoms with Gasteiger partial charge in [0.2, 0.25) is 5.13 Å². The van der Waals surface area contributed by atoms with E-state index in [1.54, 1.807) is 13.3 Å². The first-order chi connectivity index (χ1) is 7.90. The van der Waals surface area contributed by atoms with Gasteiger partial charge in [0, 0.05) is 19.9 Å². The average Bonchev–Trinajstić information content (AvgIpc) is 2.79. The third-order valence-corrected chi connectivity index (χ3v) is 2.79. The smallest absolute Gasteiger partial charge is 0.206 e. The van der Waals surface area contributed by atoms with Crippen molar-refractivity contribution in [3.63, 3.8) is 0 Å². The minimum atomic E-state index is 0.651. The van der Waals surface area contributed by atoms with Gasteiger partial charge in [-0.15, -0.1) is 10.2 Å². The van der Waals surface area contributed by atoms with Gasteiger partial charge in [-0.25, -0.2) is 0 Å². The van der Waals surface area contributed by atoms with E-state index in [4.69, 9.17) is 4.74 Å². The minimum absolute atomic E-state index is 0.651. The van der Waals surface area contributed by atoms with E-state index in [9.17, 15) is 0 Å². The number of rotatable bonds is 5. The Hall–Kier alpha value is -1.53. The van der Waals surface area contributed by atoms with Crippen LogP contribution in [0.4, 0.5) is 5.13 Å². The minimum Gasteiger partial charge on any atom is -0.383 e. The van der Waals surface area contributed by atoms with Crippen molar-refractivity contribution in [2.75, 3.05) is 25.6 Å². The summed E-state index contributed by atoms with van der Waals surface area (Å²) in [5.41, 5.74) is 0.847. The molecule has 1 N–H and O–H groups in total. The Kier molecular flexibility index (Phi) is 3.79. The zero-order valence-corrected chi connectivity index (χ0v) is 9.70. The molecular formula is C10H12N4OS. The first-order valence-corrected chi connectivity index (χ1v) is 5.69. The second-order valence-corrected chi connectivity index (χ2v) is 4.02. The zero-order chi connectivity index (χ0) is 11.2. The summed E-state index contributed by atoms with van der Waals surface area (Å²) in [6, 6.07) is 5.73. The predicted octanol–water partition coefficient (Wildman–Crippen LogP) is 1.66. The molecule has 84 valence electrons. The van der Waals surface area contributed by atoms with Crippen LogP contribution in [0.1, 0.15) is 0 Å². The molecule has 2 aromatic rings. The standard InChI is InChI=1S/C10H12N4OS/c1-15-7-6-12-10-14-13-9(16-10)8-4-2-3-5-11-8/h2-5H,6-7H2,1H3,(H,12,14). The van der Waals surface area contributed by atoms with Crippen molar-refractivity contribution in [2.45, 2.75) is 0 Å². The SMILES string of the molecule is COCCNc1nnc(-c2ccccn2)s1. The number of hydrogen-bond acceptors (Lipinski definition) is 6. The van der Waals surface area contributed by atoms with Gasteiger partial charge in [-0.05, 0) is 12.1 Å². The Labute approximate surface area is 97.5 Å². The monoisotopic (exact) mass is 236 g/mol. The molecule has 0 saturated heterocycles. The summed E-state index contributed by atoms with van der Waals surface area (Å²) < 4.78 is 4.94. The predicted molar refractivity (Wildman–Crippen MR) is 63.5 cm³/mol. The van der Waals surface area contributed by atoms with Crippen LogP contribution in [0.5, 0.6) is 0 Å². The van der Waals surface area contributed by atoms with Crippen LogP contribution < -0.4 is 5.32 Å². The quantitative estimate of drug-likeness (QED) is 0.800. The van der Waals surface area contributed by atoms with Crippen molar-refractivity contribution < 1.29 is 4.74 Å². The molecule has 0 aromatic carbocycles. The van der Waals surface area contributed by atoms with E-state index in [1.807, 2.05) is 18.2 Å². The normalized spacial score (nSPS) is 10.3. The molecule has 0 spiro atoms. The molecule has 2 aromatic heterocycles. The number of methoxy groups -OCH3 is 1. The first kappa shape index (κ1) is 11.0. The van der Waals surface area contributed by atoms with Gasteiger partial charge < -0.3 is 10.1 Å². The molecule has 0 radical (unpaired) electrons. The molecule has 0 amide bonds. The first-order valence-electron chi connectivity index (χ1n) is 4.88. The van der Waals surface area contributed by atoms with Crippen LogP contribution in [0.25, 0.3) is 10.7 Å². The van der Waals surface area contributed by atoms with Crippen molar-refractivity contribution >= 4 is 16.5 Å². The van der Waals surface area contributed by atoms with E-state index >= 15 is 0 Å². The van der Waals surface area contributed by atoms with Gasteiger partial charge in [-0.2, -0.15) is 0 Å². The molecule has 16 heavy (non-hydrogen) atoms. The van der Waals surface area contributed by atoms with Gasteiger partial charge in [0.1, 0.15) is 5.69 Å². The topological polar surface area (TPSA) is 59.9 Å². The lowest BCUT2D eigenvalue weighted by molar-refractivity contribution is 0.211. The van der Waals surface area contributed by atoms with E-state index in [0.29, 0.717) is 6.61 Å². The maximum absolute atomic E-state index is 4.94. The molecule has 6 heteroatoms. The highest BCUT2D eigenvalue weighted by atomic mass is 32.1. The van der Waals surface area contributed by atoms with Crippen LogP contribution in [0.15, 0.2) is 24.4 Å². The molecule has 0 aliphatic heterocycles. The van der Waals surface area contributed by atoms with Gasteiger partial charge in [0.05, 0.1) is 6.61 Å². The number of ether oxygens (including phenoxy) is 1. The van der Waals surface area contributed by atoms with E-state index in [1.165, 1.54) is 11.3 Å². The van der Waals surface area contributed by atoms with Crippen molar-refractivity contribution in [1.29, 1.82) is 0 Å². The van der Waals surface area contributed by atoms with Crippen molar-refractivity contribution in [3.05, 3.63) is 24.4 Å². The maximum Gasteiger partial charge on any atom is 0.206 e. The van der Waals surface area contributed by atoms with E-state index < -0.39 is 0 Å². The molecule has 0 unspecified atom stereocenters. The van der Waals surface area contributed by atoms with Gasteiger partial charge in [-0.1, -0.05) is 17.4 Å². The van der Waals surface area contributed by atoms with Crippen molar-refractivity contribution in [1.82, 2.24) is 15.2 Å². The molecular weight excluding hydrogens is 224 g/mol. The van der Waals surface area contributed by atoms with Crippen molar-refractivity contribution in [2.24, 2.45) is 0 Å². The van der Waals surface area contributed by atoms with Crippen LogP contribution in [0.3, 0.4) is 0 Å². The highest BCUT2D eigenvalue weighted by molar-refractivity contribution is 7.18. The molecule has 0 saturated carbocycles. The van der Waals surface area contributed by atoms with E-state index in [2.05, 4.69) is 20.5 Å². The lowest BCUT2D eigenvalue weighted by Gasteiger charge is -1.98. The molecule has 0 aliphatic rings. The zero-order valence-electron chi connectivity index (χ0n) is 8.88. The molecule has 0 atom stereocenters. The number of pyridine rings is 1. The van der Waals surface area contributed by atoms with E-state index in [-0.39, 0.29) is 0 Å². The Balaban J connectivity index is 2.02. The number of aromatic nitrogens is 3. The molecule has 2 rings (SSSR count). The molecule has 5 nitrogen and oxygen atoms in total.